The number of hydrogen-bond acceptors (Lipinski definition) is 5. The van der Waals surface area contributed by atoms with Crippen LogP contribution < -0.4 is 6.15 Å². The van der Waals surface area contributed by atoms with Crippen molar-refractivity contribution in [1.82, 2.24) is 6.15 Å². The van der Waals surface area contributed by atoms with Gasteiger partial charge in [-0.25, -0.2) is 9.59 Å². The lowest BCUT2D eigenvalue weighted by molar-refractivity contribution is 0.561. The predicted molar refractivity (Wildman–Crippen MR) is 30.2 cm³/mol. The van der Waals surface area contributed by atoms with E-state index in [0.29, 0.717) is 12.2 Å². The topological polar surface area (TPSA) is 128 Å². The molecule has 0 bridgehead atoms. The highest BCUT2D eigenvalue weighted by Crippen LogP contribution is 1.87. The van der Waals surface area contributed by atoms with Crippen molar-refractivity contribution in [2.24, 2.45) is 8.80 Å². The summed E-state index contributed by atoms with van der Waals surface area (Å²) in [4.78, 5) is 18.5. The van der Waals surface area contributed by atoms with Crippen LogP contribution in [0, 0.1) is 0 Å². The van der Waals surface area contributed by atoms with Crippen molar-refractivity contribution in [2.45, 2.75) is 0 Å². The minimum Gasteiger partial charge on any atom is -0.344 e. The Morgan fingerprint density at radius 3 is 1.50 bits per heavy atom. The molecule has 0 aliphatic carbocycles. The summed E-state index contributed by atoms with van der Waals surface area (Å²) in [5.41, 5.74) is 0. The van der Waals surface area contributed by atoms with Gasteiger partial charge in [-0.05, 0) is 0 Å². The standard InChI is InChI=1S/C2N2O4S.H3N/c5-1-3-9(7,8)4-2-6;/h;1H3. The fourth-order valence-corrected chi connectivity index (χ4v) is 0.344. The number of carbonyl (C=O) groups excluding carboxylic acids is 2. The molecule has 0 heterocycles. The van der Waals surface area contributed by atoms with E-state index in [1.807, 2.05) is 0 Å². The monoisotopic (exact) mass is 165 g/mol. The highest BCUT2D eigenvalue weighted by atomic mass is 32.2. The third-order valence-corrected chi connectivity index (χ3v) is 0.916. The van der Waals surface area contributed by atoms with Crippen LogP contribution in [0.1, 0.15) is 0 Å². The van der Waals surface area contributed by atoms with Gasteiger partial charge in [0.1, 0.15) is 0 Å². The zero-order valence-corrected chi connectivity index (χ0v) is 5.46. The molecule has 0 aromatic heterocycles. The molecule has 0 fully saturated rings. The third-order valence-electron chi connectivity index (χ3n) is 0.305. The van der Waals surface area contributed by atoms with Gasteiger partial charge >= 0.3 is 10.2 Å². The van der Waals surface area contributed by atoms with Gasteiger partial charge in [0.2, 0.25) is 0 Å². The summed E-state index contributed by atoms with van der Waals surface area (Å²) in [6.45, 7) is 0. The van der Waals surface area contributed by atoms with Crippen molar-refractivity contribution in [3.8, 4) is 0 Å². The van der Waals surface area contributed by atoms with Crippen LogP contribution in [0.5, 0.6) is 0 Å². The molecule has 0 aliphatic rings. The molecule has 0 spiro atoms. The van der Waals surface area contributed by atoms with Gasteiger partial charge in [0.15, 0.2) is 0 Å². The molecule has 0 atom stereocenters. The van der Waals surface area contributed by atoms with Crippen molar-refractivity contribution in [2.75, 3.05) is 0 Å². The van der Waals surface area contributed by atoms with Crippen LogP contribution in [0.3, 0.4) is 0 Å². The average Bonchev–Trinajstić information content (AvgIpc) is 1.64. The van der Waals surface area contributed by atoms with Crippen LogP contribution in [0.2, 0.25) is 0 Å². The molecule has 7 nitrogen and oxygen atoms in total. The SMILES string of the molecule is N.O=C=NS(=O)(=O)N=C=O. The van der Waals surface area contributed by atoms with E-state index in [2.05, 4.69) is 8.80 Å². The van der Waals surface area contributed by atoms with Gasteiger partial charge in [-0.1, -0.05) is 8.80 Å². The van der Waals surface area contributed by atoms with Gasteiger partial charge in [-0.15, -0.1) is 0 Å². The first kappa shape index (κ1) is 11.5. The second-order valence-electron chi connectivity index (χ2n) is 0.813. The molecule has 0 aromatic carbocycles. The first-order chi connectivity index (χ1) is 4.12. The Balaban J connectivity index is 0. The van der Waals surface area contributed by atoms with Crippen LogP contribution in [-0.2, 0) is 19.8 Å². The van der Waals surface area contributed by atoms with Gasteiger partial charge < -0.3 is 6.15 Å². The third kappa shape index (κ3) is 4.82. The van der Waals surface area contributed by atoms with E-state index in [0.717, 1.165) is 0 Å². The summed E-state index contributed by atoms with van der Waals surface area (Å²) < 4.78 is 24.3. The molecule has 10 heavy (non-hydrogen) atoms. The smallest absolute Gasteiger partial charge is 0.344 e. The van der Waals surface area contributed by atoms with Crippen LogP contribution in [0.4, 0.5) is 0 Å². The van der Waals surface area contributed by atoms with Crippen LogP contribution >= 0.6 is 0 Å². The molecule has 0 aliphatic heterocycles. The van der Waals surface area contributed by atoms with E-state index in [9.17, 15) is 18.0 Å². The predicted octanol–water partition coefficient (Wildman–Crippen LogP) is -0.935. The molecule has 0 saturated carbocycles. The Bertz CT molecular complexity index is 256. The Morgan fingerprint density at radius 1 is 1.00 bits per heavy atom. The second-order valence-corrected chi connectivity index (χ2v) is 2.07. The van der Waals surface area contributed by atoms with E-state index in [4.69, 9.17) is 0 Å². The van der Waals surface area contributed by atoms with Crippen LogP contribution in [-0.4, -0.2) is 20.6 Å². The Kier molecular flexibility index (Phi) is 5.20. The number of isocyanates is 2. The Hall–Kier alpha value is -1.33. The number of hydrogen-bond donors (Lipinski definition) is 1. The first-order valence-electron chi connectivity index (χ1n) is 1.55. The highest BCUT2D eigenvalue weighted by molar-refractivity contribution is 7.89. The van der Waals surface area contributed by atoms with Crippen molar-refractivity contribution < 1.29 is 18.0 Å². The van der Waals surface area contributed by atoms with E-state index in [1.165, 1.54) is 0 Å². The normalized spacial score (nSPS) is 8.00. The zero-order valence-electron chi connectivity index (χ0n) is 4.64. The largest absolute Gasteiger partial charge is 0.383 e. The molecule has 8 heteroatoms. The first-order valence-corrected chi connectivity index (χ1v) is 2.95. The van der Waals surface area contributed by atoms with Gasteiger partial charge in [0.25, 0.3) is 12.2 Å². The van der Waals surface area contributed by atoms with Gasteiger partial charge in [-0.2, -0.15) is 8.42 Å². The quantitative estimate of drug-likeness (QED) is 0.417. The highest BCUT2D eigenvalue weighted by Gasteiger charge is 2.00. The van der Waals surface area contributed by atoms with Gasteiger partial charge in [-0.3, -0.25) is 0 Å². The number of rotatable bonds is 2. The fourth-order valence-electron chi connectivity index (χ4n) is 0.115. The number of nitrogens with zero attached hydrogens (tertiary/aromatic N) is 2. The maximum absolute atomic E-state index is 9.97. The lowest BCUT2D eigenvalue weighted by Gasteiger charge is -1.72. The van der Waals surface area contributed by atoms with Crippen molar-refractivity contribution in [3.63, 3.8) is 0 Å². The summed E-state index contributed by atoms with van der Waals surface area (Å²) in [5, 5.41) is 0. The summed E-state index contributed by atoms with van der Waals surface area (Å²) in [7, 11) is -4.28. The van der Waals surface area contributed by atoms with Crippen LogP contribution in [0.15, 0.2) is 8.80 Å². The minimum absolute atomic E-state index is 0. The summed E-state index contributed by atoms with van der Waals surface area (Å²) in [6.07, 6.45) is 1.41. The van der Waals surface area contributed by atoms with E-state index in [-0.39, 0.29) is 6.15 Å². The molecular formula is C2H3N3O4S. The average molecular weight is 165 g/mol. The van der Waals surface area contributed by atoms with Crippen LogP contribution in [0.25, 0.3) is 0 Å². The Morgan fingerprint density at radius 2 is 1.30 bits per heavy atom. The molecule has 0 saturated heterocycles. The second kappa shape index (κ2) is 4.54. The molecule has 0 aromatic rings. The van der Waals surface area contributed by atoms with E-state index >= 15 is 0 Å². The zero-order chi connectivity index (χ0) is 7.33. The minimum atomic E-state index is -4.28. The van der Waals surface area contributed by atoms with Crippen molar-refractivity contribution in [3.05, 3.63) is 0 Å². The molecule has 56 valence electrons. The maximum Gasteiger partial charge on any atom is 0.383 e. The molecule has 0 rings (SSSR count). The van der Waals surface area contributed by atoms with E-state index < -0.39 is 10.2 Å². The summed E-state index contributed by atoms with van der Waals surface area (Å²) >= 11 is 0. The lowest BCUT2D eigenvalue weighted by Crippen LogP contribution is -1.86. The van der Waals surface area contributed by atoms with E-state index in [1.54, 1.807) is 0 Å². The molecular weight excluding hydrogens is 162 g/mol. The molecule has 0 radical (unpaired) electrons. The Labute approximate surface area is 56.2 Å². The lowest BCUT2D eigenvalue weighted by atomic mass is 11.7. The fraction of sp³-hybridized carbons (Fsp3) is 0. The summed E-state index contributed by atoms with van der Waals surface area (Å²) in [5.74, 6) is 0. The van der Waals surface area contributed by atoms with Gasteiger partial charge in [0.05, 0.1) is 0 Å². The van der Waals surface area contributed by atoms with Gasteiger partial charge in [0, 0.05) is 0 Å². The molecule has 3 N–H and O–H groups in total. The maximum atomic E-state index is 9.97. The van der Waals surface area contributed by atoms with Crippen molar-refractivity contribution in [1.29, 1.82) is 0 Å². The van der Waals surface area contributed by atoms with Crippen molar-refractivity contribution >= 4 is 22.4 Å². The summed E-state index contributed by atoms with van der Waals surface area (Å²) in [6, 6.07) is 0. The molecule has 0 unspecified atom stereocenters. The molecule has 0 amide bonds.